The number of thiazole rings is 1. The first-order valence-electron chi connectivity index (χ1n) is 16.0. The number of halogens is 4. The van der Waals surface area contributed by atoms with Crippen molar-refractivity contribution < 1.29 is 40.6 Å². The third-order valence-electron chi connectivity index (χ3n) is 8.86. The Labute approximate surface area is 302 Å². The predicted molar refractivity (Wildman–Crippen MR) is 196 cm³/mol. The zero-order valence-corrected chi connectivity index (χ0v) is 30.3. The molecule has 0 fully saturated rings. The minimum Gasteiger partial charge on any atom is -0.431 e. The highest BCUT2D eigenvalue weighted by Gasteiger charge is 2.33. The van der Waals surface area contributed by atoms with Crippen molar-refractivity contribution in [2.24, 2.45) is 0 Å². The maximum atomic E-state index is 13.4. The van der Waals surface area contributed by atoms with Gasteiger partial charge < -0.3 is 14.6 Å². The molecule has 6 rings (SSSR count). The first-order valence-corrected chi connectivity index (χ1v) is 18.7. The molecule has 0 aliphatic carbocycles. The molecule has 6 aromatic rings. The number of sulfone groups is 1. The van der Waals surface area contributed by atoms with Crippen LogP contribution in [0.4, 0.5) is 17.6 Å². The minimum atomic E-state index is -3.52. The third kappa shape index (κ3) is 7.52. The van der Waals surface area contributed by atoms with E-state index in [1.165, 1.54) is 29.7 Å². The Morgan fingerprint density at radius 1 is 0.731 bits per heavy atom. The Bertz CT molecular complexity index is 2390. The van der Waals surface area contributed by atoms with Crippen molar-refractivity contribution in [3.05, 3.63) is 108 Å². The largest absolute Gasteiger partial charge is 0.431 e. The van der Waals surface area contributed by atoms with E-state index in [4.69, 9.17) is 4.98 Å². The van der Waals surface area contributed by atoms with Crippen LogP contribution in [-0.2, 0) is 20.2 Å². The summed E-state index contributed by atoms with van der Waals surface area (Å²) in [5, 5.41) is 12.0. The van der Waals surface area contributed by atoms with Gasteiger partial charge in [-0.3, -0.25) is 4.98 Å². The number of nitrogens with zero attached hydrogens (tertiary/aromatic N) is 2. The summed E-state index contributed by atoms with van der Waals surface area (Å²) in [4.78, 5) is 10.1. The molecule has 4 aromatic carbocycles. The second-order valence-electron chi connectivity index (χ2n) is 13.2. The summed E-state index contributed by atoms with van der Waals surface area (Å²) >= 11 is 1.30. The van der Waals surface area contributed by atoms with Gasteiger partial charge in [0.15, 0.2) is 21.3 Å². The lowest BCUT2D eigenvalue weighted by Crippen LogP contribution is -2.28. The maximum absolute atomic E-state index is 13.4. The van der Waals surface area contributed by atoms with E-state index in [0.717, 1.165) is 17.0 Å². The summed E-state index contributed by atoms with van der Waals surface area (Å²) in [7, 11) is -3.52. The van der Waals surface area contributed by atoms with Gasteiger partial charge in [-0.15, -0.1) is 11.3 Å². The van der Waals surface area contributed by atoms with Crippen LogP contribution in [0.5, 0.6) is 11.5 Å². The zero-order chi connectivity index (χ0) is 37.6. The first-order chi connectivity index (χ1) is 24.4. The summed E-state index contributed by atoms with van der Waals surface area (Å²) < 4.78 is 86.7. The average molecular weight is 751 g/mol. The minimum absolute atomic E-state index is 0.294. The zero-order valence-electron chi connectivity index (χ0n) is 28.7. The van der Waals surface area contributed by atoms with Crippen molar-refractivity contribution in [2.75, 3.05) is 6.26 Å². The van der Waals surface area contributed by atoms with Crippen LogP contribution < -0.4 is 9.47 Å². The van der Waals surface area contributed by atoms with E-state index in [2.05, 4.69) is 14.5 Å². The van der Waals surface area contributed by atoms with Crippen molar-refractivity contribution in [1.29, 1.82) is 0 Å². The van der Waals surface area contributed by atoms with Gasteiger partial charge in [0.2, 0.25) is 0 Å². The Kier molecular flexibility index (Phi) is 9.90. The van der Waals surface area contributed by atoms with Gasteiger partial charge in [-0.2, -0.15) is 17.6 Å². The van der Waals surface area contributed by atoms with Crippen molar-refractivity contribution >= 4 is 32.1 Å². The van der Waals surface area contributed by atoms with E-state index in [1.54, 1.807) is 58.2 Å². The molecule has 0 radical (unpaired) electrons. The summed E-state index contributed by atoms with van der Waals surface area (Å²) in [5.74, 6) is -1.15. The Balaban J connectivity index is 1.57. The van der Waals surface area contributed by atoms with Crippen LogP contribution >= 0.6 is 11.3 Å². The second kappa shape index (κ2) is 13.9. The average Bonchev–Trinajstić information content (AvgIpc) is 3.53. The molecule has 270 valence electrons. The van der Waals surface area contributed by atoms with Crippen LogP contribution in [-0.4, -0.2) is 43.0 Å². The molecule has 7 nitrogen and oxygen atoms in total. The predicted octanol–water partition coefficient (Wildman–Crippen LogP) is 10.1. The molecular formula is C39H34F4N2O5S2. The number of alkyl halides is 4. The molecule has 0 spiro atoms. The van der Waals surface area contributed by atoms with Crippen molar-refractivity contribution in [1.82, 2.24) is 9.97 Å². The van der Waals surface area contributed by atoms with Crippen LogP contribution in [0, 0.1) is 0 Å². The second-order valence-corrected chi connectivity index (χ2v) is 16.8. The molecule has 2 aromatic heterocycles. The molecule has 52 heavy (non-hydrogen) atoms. The molecule has 0 aliphatic heterocycles. The number of ether oxygens (including phenoxy) is 2. The lowest BCUT2D eigenvalue weighted by Gasteiger charge is -2.24. The van der Waals surface area contributed by atoms with E-state index >= 15 is 0 Å². The molecule has 0 atom stereocenters. The molecule has 0 saturated heterocycles. The van der Waals surface area contributed by atoms with Gasteiger partial charge in [0.05, 0.1) is 26.4 Å². The van der Waals surface area contributed by atoms with Gasteiger partial charge in [0, 0.05) is 34.5 Å². The topological polar surface area (TPSA) is 98.6 Å². The van der Waals surface area contributed by atoms with Crippen LogP contribution in [0.2, 0.25) is 0 Å². The van der Waals surface area contributed by atoms with Crippen molar-refractivity contribution in [3.8, 4) is 54.9 Å². The van der Waals surface area contributed by atoms with Crippen LogP contribution in [0.1, 0.15) is 38.8 Å². The monoisotopic (exact) mass is 750 g/mol. The van der Waals surface area contributed by atoms with Crippen LogP contribution in [0.25, 0.3) is 54.3 Å². The van der Waals surface area contributed by atoms with Gasteiger partial charge in [-0.05, 0) is 98.5 Å². The number of benzene rings is 4. The Morgan fingerprint density at radius 3 is 2.10 bits per heavy atom. The number of aromatic nitrogens is 2. The number of aliphatic hydroxyl groups is 1. The third-order valence-corrected chi connectivity index (χ3v) is 12.1. The first kappa shape index (κ1) is 36.9. The van der Waals surface area contributed by atoms with Gasteiger partial charge in [-0.25, -0.2) is 13.4 Å². The smallest absolute Gasteiger partial charge is 0.387 e. The fourth-order valence-electron chi connectivity index (χ4n) is 5.71. The van der Waals surface area contributed by atoms with Crippen molar-refractivity contribution in [2.45, 2.75) is 51.3 Å². The molecule has 0 bridgehead atoms. The number of hydrogen-bond acceptors (Lipinski definition) is 8. The fourth-order valence-corrected chi connectivity index (χ4v) is 7.33. The van der Waals surface area contributed by atoms with Crippen LogP contribution in [0.3, 0.4) is 0 Å². The van der Waals surface area contributed by atoms with E-state index < -0.39 is 44.9 Å². The van der Waals surface area contributed by atoms with Gasteiger partial charge in [-0.1, -0.05) is 42.5 Å². The Morgan fingerprint density at radius 2 is 1.40 bits per heavy atom. The molecule has 0 saturated carbocycles. The van der Waals surface area contributed by atoms with E-state index in [9.17, 15) is 31.1 Å². The highest BCUT2D eigenvalue weighted by Crippen LogP contribution is 2.45. The number of rotatable bonds is 11. The molecule has 1 N–H and O–H groups in total. The number of fused-ring (bicyclic) bond motifs is 1. The molecule has 0 unspecified atom stereocenters. The molecule has 0 amide bonds. The molecule has 2 heterocycles. The highest BCUT2D eigenvalue weighted by atomic mass is 32.2. The summed E-state index contributed by atoms with van der Waals surface area (Å²) in [6.45, 7) is 0.0472. The quantitative estimate of drug-likeness (QED) is 0.132. The standard InChI is InChI=1S/C39H34F4N2O5S2/c1-38(2,46)27-13-7-11-26(19-27)35-45-33(24-14-15-30(49-36(40)41)31(20-24)50-37(42)43)34(51-35)25-10-6-9-22(17-25)29-21-28(39(3,4)52(5,47)48)18-23-12-8-16-44-32(23)29/h6-21,36-37,46H,1-5H3. The lowest BCUT2D eigenvalue weighted by molar-refractivity contribution is -0.0691. The van der Waals surface area contributed by atoms with Gasteiger partial charge >= 0.3 is 13.2 Å². The Hall–Kier alpha value is -4.85. The SMILES string of the molecule is CC(C)(O)c1cccc(-c2nc(-c3ccc(OC(F)F)c(OC(F)F)c3)c(-c3cccc(-c4cc(C(C)(C)S(C)(=O)=O)cc5cccnc45)c3)s2)c1. The lowest BCUT2D eigenvalue weighted by atomic mass is 9.92. The summed E-state index contributed by atoms with van der Waals surface area (Å²) in [6.07, 6.45) is 2.86. The van der Waals surface area contributed by atoms with Gasteiger partial charge in [0.1, 0.15) is 5.01 Å². The maximum Gasteiger partial charge on any atom is 0.387 e. The summed E-state index contributed by atoms with van der Waals surface area (Å²) in [5.41, 5.74) is 4.15. The summed E-state index contributed by atoms with van der Waals surface area (Å²) in [6, 6.07) is 25.7. The highest BCUT2D eigenvalue weighted by molar-refractivity contribution is 7.91. The van der Waals surface area contributed by atoms with E-state index in [1.807, 2.05) is 48.5 Å². The van der Waals surface area contributed by atoms with Crippen molar-refractivity contribution in [3.63, 3.8) is 0 Å². The van der Waals surface area contributed by atoms with E-state index in [-0.39, 0.29) is 0 Å². The molecular weight excluding hydrogens is 717 g/mol. The normalized spacial score (nSPS) is 12.5. The number of pyridine rings is 1. The van der Waals surface area contributed by atoms with E-state index in [0.29, 0.717) is 54.5 Å². The number of hydrogen-bond donors (Lipinski definition) is 1. The van der Waals surface area contributed by atoms with Crippen LogP contribution in [0.15, 0.2) is 97.2 Å². The molecule has 13 heteroatoms. The van der Waals surface area contributed by atoms with Gasteiger partial charge in [0.25, 0.3) is 0 Å². The molecule has 0 aliphatic rings. The fraction of sp³-hybridized carbons (Fsp3) is 0.231.